The highest BCUT2D eigenvalue weighted by molar-refractivity contribution is 5.80. The third-order valence-electron chi connectivity index (χ3n) is 3.49. The minimum absolute atomic E-state index is 0.233. The maximum atomic E-state index is 13.2. The van der Waals surface area contributed by atoms with Crippen LogP contribution in [0.3, 0.4) is 0 Å². The number of para-hydroxylation sites is 1. The molecule has 0 N–H and O–H groups in total. The lowest BCUT2D eigenvalue weighted by atomic mass is 10.3. The summed E-state index contributed by atoms with van der Waals surface area (Å²) in [5.74, 6) is -5.36. The summed E-state index contributed by atoms with van der Waals surface area (Å²) >= 11 is 0. The van der Waals surface area contributed by atoms with Crippen molar-refractivity contribution >= 4 is 0 Å². The first-order valence-electron chi connectivity index (χ1n) is 7.28. The Labute approximate surface area is 145 Å². The Morgan fingerprint density at radius 1 is 0.885 bits per heavy atom. The molecule has 0 aliphatic heterocycles. The Kier molecular flexibility index (Phi) is 4.24. The smallest absolute Gasteiger partial charge is 0.206 e. The maximum absolute atomic E-state index is 13.2. The van der Waals surface area contributed by atoms with Gasteiger partial charge >= 0.3 is 12.1 Å². The number of nitrogens with zero attached hydrogens (tertiary/aromatic N) is 3. The molecule has 2 aliphatic carbocycles. The molecule has 0 saturated heterocycles. The number of hydrogen-bond acceptors (Lipinski definition) is 2. The van der Waals surface area contributed by atoms with E-state index < -0.39 is 23.7 Å². The molecule has 0 amide bonds. The third-order valence-corrected chi connectivity index (χ3v) is 3.49. The molecule has 0 unspecified atom stereocenters. The van der Waals surface area contributed by atoms with E-state index in [9.17, 15) is 22.0 Å². The molecule has 0 radical (unpaired) electrons. The number of rotatable bonds is 2. The molecule has 0 bridgehead atoms. The number of halogens is 5. The van der Waals surface area contributed by atoms with Gasteiger partial charge in [-0.05, 0) is 35.2 Å². The van der Waals surface area contributed by atoms with Crippen molar-refractivity contribution in [3.05, 3.63) is 66.2 Å². The molecule has 8 heteroatoms. The summed E-state index contributed by atoms with van der Waals surface area (Å²) in [7, 11) is 0. The van der Waals surface area contributed by atoms with E-state index in [0.717, 1.165) is 4.68 Å². The first kappa shape index (κ1) is 17.6. The fraction of sp³-hybridized carbons (Fsp3) is 0.111. The van der Waals surface area contributed by atoms with Crippen molar-refractivity contribution in [2.24, 2.45) is 0 Å². The van der Waals surface area contributed by atoms with Gasteiger partial charge in [0.05, 0.1) is 5.69 Å². The number of benzene rings is 2. The van der Waals surface area contributed by atoms with E-state index in [4.69, 9.17) is 6.42 Å². The molecule has 4 rings (SSSR count). The zero-order chi connectivity index (χ0) is 18.9. The molecule has 26 heavy (non-hydrogen) atoms. The molecule has 1 heterocycles. The molecule has 1 aromatic heterocycles. The van der Waals surface area contributed by atoms with E-state index in [1.54, 1.807) is 18.2 Å². The summed E-state index contributed by atoms with van der Waals surface area (Å²) in [5.41, 5.74) is 3.09. The first-order valence-corrected chi connectivity index (χ1v) is 7.28. The van der Waals surface area contributed by atoms with Crippen LogP contribution in [0.25, 0.3) is 16.8 Å². The van der Waals surface area contributed by atoms with E-state index >= 15 is 0 Å². The Morgan fingerprint density at radius 2 is 1.50 bits per heavy atom. The van der Waals surface area contributed by atoms with Gasteiger partial charge in [-0.2, -0.15) is 26.9 Å². The molecule has 3 nitrogen and oxygen atoms in total. The van der Waals surface area contributed by atoms with Gasteiger partial charge in [-0.15, -0.1) is 11.5 Å². The van der Waals surface area contributed by atoms with E-state index in [2.05, 4.69) is 34.3 Å². The predicted octanol–water partition coefficient (Wildman–Crippen LogP) is 4.57. The third kappa shape index (κ3) is 3.28. The number of aromatic nitrogens is 3. The van der Waals surface area contributed by atoms with Gasteiger partial charge in [-0.25, -0.2) is 4.68 Å². The molecular formula is C18H10F5N3. The number of fused-ring (bicyclic) bond motifs is 1. The van der Waals surface area contributed by atoms with E-state index in [-0.39, 0.29) is 5.69 Å². The highest BCUT2D eigenvalue weighted by atomic mass is 19.4. The van der Waals surface area contributed by atoms with Gasteiger partial charge in [-0.1, -0.05) is 36.4 Å². The van der Waals surface area contributed by atoms with E-state index in [1.165, 1.54) is 23.3 Å². The van der Waals surface area contributed by atoms with Crippen molar-refractivity contribution in [2.75, 3.05) is 0 Å². The molecule has 2 aromatic rings. The van der Waals surface area contributed by atoms with Gasteiger partial charge in [0.25, 0.3) is 0 Å². The predicted molar refractivity (Wildman–Crippen MR) is 84.7 cm³/mol. The fourth-order valence-corrected chi connectivity index (χ4v) is 2.09. The average Bonchev–Trinajstić information content (AvgIpc) is 3.02. The second-order valence-corrected chi connectivity index (χ2v) is 5.30. The van der Waals surface area contributed by atoms with Crippen LogP contribution in [-0.2, 0) is 5.92 Å². The normalized spacial score (nSPS) is 12.0. The zero-order valence-electron chi connectivity index (χ0n) is 13.0. The second kappa shape index (κ2) is 6.26. The Hall–Kier alpha value is -3.21. The summed E-state index contributed by atoms with van der Waals surface area (Å²) in [6.45, 7) is 0. The highest BCUT2D eigenvalue weighted by Gasteiger charge is 2.62. The van der Waals surface area contributed by atoms with Crippen molar-refractivity contribution in [3.63, 3.8) is 0 Å². The Bertz CT molecular complexity index is 951. The van der Waals surface area contributed by atoms with Crippen molar-refractivity contribution in [1.29, 1.82) is 0 Å². The molecule has 0 fully saturated rings. The van der Waals surface area contributed by atoms with Crippen LogP contribution < -0.4 is 0 Å². The monoisotopic (exact) mass is 363 g/mol. The lowest BCUT2D eigenvalue weighted by molar-refractivity contribution is -0.292. The van der Waals surface area contributed by atoms with Gasteiger partial charge in [0.2, 0.25) is 11.6 Å². The van der Waals surface area contributed by atoms with Gasteiger partial charge in [0.15, 0.2) is 0 Å². The SMILES string of the molecule is C#Cc1nc(C(F)(F)C(F)(F)F)nn1-c1ccccc1.c1cc2cc-2c1. The fourth-order valence-electron chi connectivity index (χ4n) is 2.09. The van der Waals surface area contributed by atoms with Crippen LogP contribution >= 0.6 is 0 Å². The summed E-state index contributed by atoms with van der Waals surface area (Å²) in [4.78, 5) is 3.09. The highest BCUT2D eigenvalue weighted by Crippen LogP contribution is 2.42. The van der Waals surface area contributed by atoms with Crippen molar-refractivity contribution in [1.82, 2.24) is 14.8 Å². The number of hydrogen-bond donors (Lipinski definition) is 0. The molecule has 132 valence electrons. The van der Waals surface area contributed by atoms with Crippen LogP contribution in [0.15, 0.2) is 54.6 Å². The topological polar surface area (TPSA) is 30.7 Å². The molecule has 0 spiro atoms. The van der Waals surface area contributed by atoms with Gasteiger partial charge in [0.1, 0.15) is 0 Å². The summed E-state index contributed by atoms with van der Waals surface area (Å²) in [6, 6.07) is 16.1. The van der Waals surface area contributed by atoms with Crippen LogP contribution in [0.5, 0.6) is 0 Å². The largest absolute Gasteiger partial charge is 0.461 e. The Balaban J connectivity index is 0.000000269. The second-order valence-electron chi connectivity index (χ2n) is 5.30. The standard InChI is InChI=1S/C12H6F5N3.C6H4/c1-2-9-18-10(11(13,14)12(15,16)17)19-20(9)8-6-4-3-5-7-8;1-2-5-4-6(5)3-1/h1,3-7H;1-4H. The van der Waals surface area contributed by atoms with Crippen molar-refractivity contribution in [3.8, 4) is 29.2 Å². The molecular weight excluding hydrogens is 353 g/mol. The summed E-state index contributed by atoms with van der Waals surface area (Å²) < 4.78 is 63.9. The quantitative estimate of drug-likeness (QED) is 0.386. The number of terminal acetylenes is 1. The van der Waals surface area contributed by atoms with Crippen LogP contribution in [0, 0.1) is 12.3 Å². The van der Waals surface area contributed by atoms with Crippen molar-refractivity contribution in [2.45, 2.75) is 12.1 Å². The molecule has 1 aromatic carbocycles. The molecule has 0 saturated carbocycles. The van der Waals surface area contributed by atoms with Crippen LogP contribution in [0.4, 0.5) is 22.0 Å². The minimum atomic E-state index is -5.79. The van der Waals surface area contributed by atoms with E-state index in [0.29, 0.717) is 0 Å². The lowest BCUT2D eigenvalue weighted by Gasteiger charge is -2.15. The van der Waals surface area contributed by atoms with Crippen LogP contribution in [0.1, 0.15) is 11.6 Å². The molecule has 0 atom stereocenters. The summed E-state index contributed by atoms with van der Waals surface area (Å²) in [5, 5.41) is 3.18. The molecule has 2 aliphatic rings. The maximum Gasteiger partial charge on any atom is 0.461 e. The summed E-state index contributed by atoms with van der Waals surface area (Å²) in [6.07, 6.45) is -0.736. The van der Waals surface area contributed by atoms with Gasteiger partial charge < -0.3 is 0 Å². The van der Waals surface area contributed by atoms with Crippen LogP contribution in [-0.4, -0.2) is 20.9 Å². The minimum Gasteiger partial charge on any atom is -0.206 e. The first-order chi connectivity index (χ1) is 12.2. The van der Waals surface area contributed by atoms with Gasteiger partial charge in [-0.3, -0.25) is 0 Å². The number of alkyl halides is 5. The zero-order valence-corrected chi connectivity index (χ0v) is 13.0. The lowest BCUT2D eigenvalue weighted by Crippen LogP contribution is -2.34. The average molecular weight is 363 g/mol. The van der Waals surface area contributed by atoms with Gasteiger partial charge in [0, 0.05) is 0 Å². The van der Waals surface area contributed by atoms with E-state index in [1.807, 2.05) is 5.92 Å². The van der Waals surface area contributed by atoms with Crippen LogP contribution in [0.2, 0.25) is 0 Å². The Morgan fingerprint density at radius 3 is 1.92 bits per heavy atom. The van der Waals surface area contributed by atoms with Crippen molar-refractivity contribution < 1.29 is 22.0 Å².